The van der Waals surface area contributed by atoms with E-state index in [1.165, 1.54) is 141 Å². The Bertz CT molecular complexity index is 2440. The summed E-state index contributed by atoms with van der Waals surface area (Å²) in [4.78, 5) is 38.2. The average molecular weight is 1430 g/mol. The third-order valence-corrected chi connectivity index (χ3v) is 18.1. The van der Waals surface area contributed by atoms with E-state index in [9.17, 15) is 19.0 Å². The van der Waals surface area contributed by atoms with E-state index in [0.29, 0.717) is 17.4 Å². The molecule has 0 radical (unpaired) electrons. The second kappa shape index (κ2) is 80.0. The van der Waals surface area contributed by atoms with Gasteiger partial charge in [-0.3, -0.25) is 14.2 Å². The van der Waals surface area contributed by atoms with Crippen molar-refractivity contribution in [3.05, 3.63) is 194 Å². The van der Waals surface area contributed by atoms with Crippen LogP contribution in [0.15, 0.2) is 194 Å². The summed E-state index contributed by atoms with van der Waals surface area (Å²) < 4.78 is 34.4. The smallest absolute Gasteiger partial charge is 0.306 e. The molecule has 9 nitrogen and oxygen atoms in total. The molecule has 2 unspecified atom stereocenters. The molecular formula is C92H152NO8P. The van der Waals surface area contributed by atoms with Gasteiger partial charge in [0.15, 0.2) is 6.10 Å². The molecular weight excluding hydrogens is 1280 g/mol. The lowest BCUT2D eigenvalue weighted by Gasteiger charge is -2.28. The third kappa shape index (κ3) is 83.8. The molecule has 0 aliphatic rings. The van der Waals surface area contributed by atoms with Crippen LogP contribution in [0.3, 0.4) is 0 Å². The van der Waals surface area contributed by atoms with Gasteiger partial charge in [0, 0.05) is 12.8 Å². The molecule has 0 aromatic rings. The summed E-state index contributed by atoms with van der Waals surface area (Å²) in [6.07, 6.45) is 124. The molecule has 0 amide bonds. The Hall–Kier alpha value is -5.15. The molecule has 0 aromatic carbocycles. The maximum atomic E-state index is 12.9. The van der Waals surface area contributed by atoms with Gasteiger partial charge in [0.1, 0.15) is 19.8 Å². The molecule has 578 valence electrons. The van der Waals surface area contributed by atoms with Crippen molar-refractivity contribution in [2.45, 2.75) is 328 Å². The predicted octanol–water partition coefficient (Wildman–Crippen LogP) is 27.3. The number of allylic oxidation sites excluding steroid dienone is 32. The normalized spacial score (nSPS) is 14.1. The molecule has 0 aromatic heterocycles. The highest BCUT2D eigenvalue weighted by atomic mass is 31.2. The van der Waals surface area contributed by atoms with Crippen molar-refractivity contribution in [2.24, 2.45) is 0 Å². The van der Waals surface area contributed by atoms with Gasteiger partial charge in [-0.15, -0.1) is 0 Å². The summed E-state index contributed by atoms with van der Waals surface area (Å²) >= 11 is 0. The molecule has 0 aliphatic carbocycles. The first-order chi connectivity index (χ1) is 50.0. The molecule has 0 bridgehead atoms. The number of hydrogen-bond acceptors (Lipinski definition) is 8. The second-order valence-electron chi connectivity index (χ2n) is 28.0. The summed E-state index contributed by atoms with van der Waals surface area (Å²) in [6, 6.07) is 0. The van der Waals surface area contributed by atoms with Gasteiger partial charge in [0.2, 0.25) is 0 Å². The molecule has 0 aliphatic heterocycles. The predicted molar refractivity (Wildman–Crippen MR) is 442 cm³/mol. The fraction of sp³-hybridized carbons (Fsp3) is 0.630. The minimum atomic E-state index is -4.66. The maximum Gasteiger partial charge on any atom is 0.306 e. The number of nitrogens with zero attached hydrogens (tertiary/aromatic N) is 1. The van der Waals surface area contributed by atoms with Crippen LogP contribution in [0.2, 0.25) is 0 Å². The SMILES string of the molecule is CC/C=C\C/C=C\C/C=C\C/C=C\C/C=C\C/C=C\C/C=C\C/C=C\C/C=C\CCCCCCCCCCCCCC(=O)OC(COC(=O)CCCCCCCCCCCCCCCCCCC/C=C\C/C=C\C/C=C\C/C=C\C/C=C\C/C=C\C/C=C\CC)COP(=O)([O-])OCC[N+](C)(C)C. The molecule has 2 atom stereocenters. The van der Waals surface area contributed by atoms with Crippen LogP contribution in [0, 0.1) is 0 Å². The van der Waals surface area contributed by atoms with Crippen molar-refractivity contribution in [3.8, 4) is 0 Å². The van der Waals surface area contributed by atoms with Gasteiger partial charge in [-0.2, -0.15) is 0 Å². The molecule has 0 fully saturated rings. The average Bonchev–Trinajstić information content (AvgIpc) is 0.914. The molecule has 0 saturated carbocycles. The van der Waals surface area contributed by atoms with Gasteiger partial charge in [0.25, 0.3) is 7.82 Å². The number of ether oxygens (including phenoxy) is 2. The second-order valence-corrected chi connectivity index (χ2v) is 29.4. The Balaban J connectivity index is 4.02. The van der Waals surface area contributed by atoms with Crippen LogP contribution >= 0.6 is 7.82 Å². The third-order valence-electron chi connectivity index (χ3n) is 17.1. The van der Waals surface area contributed by atoms with Gasteiger partial charge in [-0.25, -0.2) is 0 Å². The number of rotatable bonds is 74. The van der Waals surface area contributed by atoms with Crippen molar-refractivity contribution in [3.63, 3.8) is 0 Å². The molecule has 0 spiro atoms. The zero-order valence-electron chi connectivity index (χ0n) is 66.0. The summed E-state index contributed by atoms with van der Waals surface area (Å²) in [5.41, 5.74) is 0. The van der Waals surface area contributed by atoms with Crippen molar-refractivity contribution in [1.82, 2.24) is 0 Å². The zero-order chi connectivity index (χ0) is 74.0. The standard InChI is InChI=1S/C92H152NO8P/c1-6-8-10-12-14-16-18-20-22-24-26-28-30-32-34-36-38-40-42-44-46-48-50-52-54-56-58-60-62-64-66-68-70-72-74-76-78-80-82-84-91(94)98-88-90(89-100-102(96,97)99-87-86-93(3,4)5)101-92(95)85-83-81-79-77-75-73-71-69-67-65-63-61-59-57-55-53-51-49-47-45-43-41-39-37-35-33-31-29-27-25-23-21-19-17-15-13-11-9-7-2/h8-11,14-17,20-23,26-29,32-35,38-41,44-47,51,53,57,59,90H,6-7,12-13,18-19,24-25,30-31,36-37,42-43,48-50,52,54-56,58,60-89H2,1-5H3/b10-8-,11-9-,16-14-,17-15-,22-20-,23-21-,28-26-,29-27-,34-32-,35-33-,40-38-,41-39-,46-44-,47-45-,53-51-,59-57-. The van der Waals surface area contributed by atoms with E-state index >= 15 is 0 Å². The lowest BCUT2D eigenvalue weighted by atomic mass is 10.0. The molecule has 10 heteroatoms. The quantitative estimate of drug-likeness (QED) is 0.0195. The van der Waals surface area contributed by atoms with Crippen molar-refractivity contribution < 1.29 is 42.1 Å². The van der Waals surface area contributed by atoms with Gasteiger partial charge in [-0.1, -0.05) is 362 Å². The first-order valence-corrected chi connectivity index (χ1v) is 42.6. The minimum Gasteiger partial charge on any atom is -0.756 e. The van der Waals surface area contributed by atoms with Crippen molar-refractivity contribution in [2.75, 3.05) is 47.5 Å². The number of unbranched alkanes of at least 4 members (excludes halogenated alkanes) is 28. The van der Waals surface area contributed by atoms with Gasteiger partial charge in [-0.05, 0) is 141 Å². The number of phosphoric ester groups is 1. The van der Waals surface area contributed by atoms with Gasteiger partial charge >= 0.3 is 11.9 Å². The van der Waals surface area contributed by atoms with Crippen LogP contribution in [0.5, 0.6) is 0 Å². The van der Waals surface area contributed by atoms with E-state index in [1.54, 1.807) is 0 Å². The Morgan fingerprint density at radius 2 is 0.529 bits per heavy atom. The van der Waals surface area contributed by atoms with Crippen LogP contribution in [-0.2, 0) is 32.7 Å². The maximum absolute atomic E-state index is 12.9. The number of likely N-dealkylation sites (N-methyl/N-ethyl adjacent to an activating group) is 1. The molecule has 102 heavy (non-hydrogen) atoms. The minimum absolute atomic E-state index is 0.0385. The largest absolute Gasteiger partial charge is 0.756 e. The van der Waals surface area contributed by atoms with Crippen LogP contribution in [-0.4, -0.2) is 70.0 Å². The molecule has 0 rings (SSSR count). The number of hydrogen-bond donors (Lipinski definition) is 0. The van der Waals surface area contributed by atoms with Crippen LogP contribution in [0.25, 0.3) is 0 Å². The lowest BCUT2D eigenvalue weighted by molar-refractivity contribution is -0.870. The van der Waals surface area contributed by atoms with E-state index in [0.717, 1.165) is 148 Å². The number of quaternary nitrogens is 1. The first-order valence-electron chi connectivity index (χ1n) is 41.1. The first kappa shape index (κ1) is 96.8. The fourth-order valence-electron chi connectivity index (χ4n) is 10.9. The lowest BCUT2D eigenvalue weighted by Crippen LogP contribution is -2.37. The van der Waals surface area contributed by atoms with E-state index in [2.05, 4.69) is 208 Å². The van der Waals surface area contributed by atoms with E-state index in [-0.39, 0.29) is 32.0 Å². The van der Waals surface area contributed by atoms with Crippen LogP contribution in [0.4, 0.5) is 0 Å². The number of esters is 2. The Morgan fingerprint density at radius 1 is 0.304 bits per heavy atom. The monoisotopic (exact) mass is 1430 g/mol. The van der Waals surface area contributed by atoms with Crippen LogP contribution in [0.1, 0.15) is 322 Å². The highest BCUT2D eigenvalue weighted by Crippen LogP contribution is 2.38. The Kier molecular flexibility index (Phi) is 75.9. The van der Waals surface area contributed by atoms with E-state index < -0.39 is 26.5 Å². The molecule has 0 saturated heterocycles. The molecule has 0 N–H and O–H groups in total. The molecule has 0 heterocycles. The summed E-state index contributed by atoms with van der Waals surface area (Å²) in [7, 11) is 1.15. The van der Waals surface area contributed by atoms with E-state index in [1.807, 2.05) is 21.1 Å². The topological polar surface area (TPSA) is 111 Å². The number of phosphoric acid groups is 1. The van der Waals surface area contributed by atoms with Crippen LogP contribution < -0.4 is 4.89 Å². The Labute approximate surface area is 628 Å². The van der Waals surface area contributed by atoms with E-state index in [4.69, 9.17) is 18.5 Å². The summed E-state index contributed by atoms with van der Waals surface area (Å²) in [5, 5.41) is 0. The number of carbonyl (C=O) groups excluding carboxylic acids is 2. The number of carbonyl (C=O) groups is 2. The van der Waals surface area contributed by atoms with Gasteiger partial charge in [0.05, 0.1) is 27.7 Å². The highest BCUT2D eigenvalue weighted by molar-refractivity contribution is 7.45. The van der Waals surface area contributed by atoms with Crippen molar-refractivity contribution in [1.29, 1.82) is 0 Å². The summed E-state index contributed by atoms with van der Waals surface area (Å²) in [6.45, 7) is 4.02. The Morgan fingerprint density at radius 3 is 0.784 bits per heavy atom. The van der Waals surface area contributed by atoms with Gasteiger partial charge < -0.3 is 27.9 Å². The highest BCUT2D eigenvalue weighted by Gasteiger charge is 2.22. The zero-order valence-corrected chi connectivity index (χ0v) is 66.9. The van der Waals surface area contributed by atoms with Crippen molar-refractivity contribution >= 4 is 19.8 Å². The fourth-order valence-corrected chi connectivity index (χ4v) is 11.7. The summed E-state index contributed by atoms with van der Waals surface area (Å²) in [5.74, 6) is -0.838.